The fourth-order valence-corrected chi connectivity index (χ4v) is 2.96. The van der Waals surface area contributed by atoms with Crippen LogP contribution in [-0.2, 0) is 6.54 Å². The minimum atomic E-state index is -0.0272. The van der Waals surface area contributed by atoms with Crippen molar-refractivity contribution in [2.45, 2.75) is 6.54 Å². The number of fused-ring (bicyclic) bond motifs is 2. The summed E-state index contributed by atoms with van der Waals surface area (Å²) in [5.41, 5.74) is 2.54. The van der Waals surface area contributed by atoms with E-state index in [2.05, 4.69) is 4.98 Å². The molecule has 2 aromatic carbocycles. The van der Waals surface area contributed by atoms with Crippen LogP contribution in [0.25, 0.3) is 10.9 Å². The van der Waals surface area contributed by atoms with Crippen LogP contribution in [-0.4, -0.2) is 36.1 Å². The molecule has 0 aliphatic carbocycles. The van der Waals surface area contributed by atoms with Crippen LogP contribution in [0.5, 0.6) is 11.5 Å². The molecule has 5 heteroatoms. The molecule has 0 saturated carbocycles. The van der Waals surface area contributed by atoms with Crippen LogP contribution < -0.4 is 9.47 Å². The van der Waals surface area contributed by atoms with Gasteiger partial charge in [-0.05, 0) is 42.0 Å². The zero-order chi connectivity index (χ0) is 17.2. The fourth-order valence-electron chi connectivity index (χ4n) is 2.96. The van der Waals surface area contributed by atoms with Crippen LogP contribution in [0, 0.1) is 0 Å². The lowest BCUT2D eigenvalue weighted by Gasteiger charge is -2.21. The summed E-state index contributed by atoms with van der Waals surface area (Å²) >= 11 is 0. The first-order chi connectivity index (χ1) is 12.2. The molecule has 126 valence electrons. The van der Waals surface area contributed by atoms with E-state index in [0.29, 0.717) is 25.3 Å². The molecule has 25 heavy (non-hydrogen) atoms. The minimum absolute atomic E-state index is 0.0272. The predicted octanol–water partition coefficient (Wildman–Crippen LogP) is 3.28. The van der Waals surface area contributed by atoms with Crippen molar-refractivity contribution in [1.29, 1.82) is 0 Å². The van der Waals surface area contributed by atoms with E-state index in [1.54, 1.807) is 18.1 Å². The highest BCUT2D eigenvalue weighted by Gasteiger charge is 2.16. The van der Waals surface area contributed by atoms with E-state index in [1.807, 2.05) is 48.5 Å². The van der Waals surface area contributed by atoms with Gasteiger partial charge in [-0.2, -0.15) is 0 Å². The molecular weight excluding hydrogens is 316 g/mol. The molecule has 5 nitrogen and oxygen atoms in total. The van der Waals surface area contributed by atoms with Crippen LogP contribution >= 0.6 is 0 Å². The van der Waals surface area contributed by atoms with Crippen LogP contribution in [0.15, 0.2) is 54.7 Å². The van der Waals surface area contributed by atoms with Crippen molar-refractivity contribution in [2.24, 2.45) is 0 Å². The van der Waals surface area contributed by atoms with Gasteiger partial charge in [-0.25, -0.2) is 0 Å². The van der Waals surface area contributed by atoms with E-state index >= 15 is 0 Å². The molecule has 0 spiro atoms. The highest BCUT2D eigenvalue weighted by atomic mass is 16.6. The number of carbonyl (C=O) groups is 1. The third kappa shape index (κ3) is 3.13. The molecule has 1 aliphatic heterocycles. The van der Waals surface area contributed by atoms with Gasteiger partial charge in [0.1, 0.15) is 13.2 Å². The Balaban J connectivity index is 1.53. The zero-order valence-electron chi connectivity index (χ0n) is 13.9. The predicted molar refractivity (Wildman–Crippen MR) is 95.0 cm³/mol. The Morgan fingerprint density at radius 3 is 2.80 bits per heavy atom. The largest absolute Gasteiger partial charge is 0.486 e. The summed E-state index contributed by atoms with van der Waals surface area (Å²) in [6, 6.07) is 15.2. The Morgan fingerprint density at radius 1 is 1.08 bits per heavy atom. The van der Waals surface area contributed by atoms with Gasteiger partial charge < -0.3 is 14.4 Å². The second-order valence-electron chi connectivity index (χ2n) is 6.05. The second-order valence-corrected chi connectivity index (χ2v) is 6.05. The lowest BCUT2D eigenvalue weighted by molar-refractivity contribution is 0.0785. The molecule has 0 unspecified atom stereocenters. The lowest BCUT2D eigenvalue weighted by Crippen LogP contribution is -2.26. The first kappa shape index (κ1) is 15.4. The number of ether oxygens (including phenoxy) is 2. The Bertz CT molecular complexity index is 939. The van der Waals surface area contributed by atoms with Crippen molar-refractivity contribution in [3.8, 4) is 11.5 Å². The quantitative estimate of drug-likeness (QED) is 0.738. The van der Waals surface area contributed by atoms with Gasteiger partial charge in [0, 0.05) is 30.7 Å². The monoisotopic (exact) mass is 334 g/mol. The Labute approximate surface area is 145 Å². The van der Waals surface area contributed by atoms with Gasteiger partial charge in [-0.3, -0.25) is 9.78 Å². The van der Waals surface area contributed by atoms with Crippen LogP contribution in [0.3, 0.4) is 0 Å². The molecule has 1 aromatic heterocycles. The zero-order valence-corrected chi connectivity index (χ0v) is 13.9. The summed E-state index contributed by atoms with van der Waals surface area (Å²) in [6.07, 6.45) is 1.75. The summed E-state index contributed by atoms with van der Waals surface area (Å²) in [5.74, 6) is 1.47. The first-order valence-electron chi connectivity index (χ1n) is 8.19. The van der Waals surface area contributed by atoms with E-state index in [9.17, 15) is 4.79 Å². The first-order valence-corrected chi connectivity index (χ1v) is 8.19. The lowest BCUT2D eigenvalue weighted by atomic mass is 10.1. The van der Waals surface area contributed by atoms with Crippen LogP contribution in [0.4, 0.5) is 0 Å². The molecule has 0 bridgehead atoms. The van der Waals surface area contributed by atoms with Crippen LogP contribution in [0.1, 0.15) is 15.9 Å². The number of benzene rings is 2. The molecule has 1 amide bonds. The van der Waals surface area contributed by atoms with E-state index in [0.717, 1.165) is 28.0 Å². The fraction of sp³-hybridized carbons (Fsp3) is 0.200. The summed E-state index contributed by atoms with van der Waals surface area (Å²) in [7, 11) is 1.80. The number of pyridine rings is 1. The van der Waals surface area contributed by atoms with E-state index in [1.165, 1.54) is 0 Å². The molecule has 4 rings (SSSR count). The van der Waals surface area contributed by atoms with Gasteiger partial charge >= 0.3 is 0 Å². The van der Waals surface area contributed by atoms with Crippen molar-refractivity contribution >= 4 is 16.8 Å². The Hall–Kier alpha value is -3.08. The van der Waals surface area contributed by atoms with Crippen molar-refractivity contribution in [3.63, 3.8) is 0 Å². The number of nitrogens with zero attached hydrogens (tertiary/aromatic N) is 2. The highest BCUT2D eigenvalue weighted by molar-refractivity contribution is 5.97. The molecule has 0 saturated heterocycles. The third-order valence-electron chi connectivity index (χ3n) is 4.22. The van der Waals surface area contributed by atoms with Crippen molar-refractivity contribution in [1.82, 2.24) is 9.88 Å². The number of amides is 1. The second kappa shape index (κ2) is 6.43. The van der Waals surface area contributed by atoms with Crippen molar-refractivity contribution in [3.05, 3.63) is 65.9 Å². The van der Waals surface area contributed by atoms with E-state index < -0.39 is 0 Å². The van der Waals surface area contributed by atoms with Crippen molar-refractivity contribution in [2.75, 3.05) is 20.3 Å². The average molecular weight is 334 g/mol. The SMILES string of the molecule is CN(Cc1ccc2c(c1)OCCO2)C(=O)c1ccc2ncccc2c1. The molecule has 0 N–H and O–H groups in total. The van der Waals surface area contributed by atoms with Gasteiger partial charge in [0.15, 0.2) is 11.5 Å². The van der Waals surface area contributed by atoms with Crippen LogP contribution in [0.2, 0.25) is 0 Å². The molecule has 1 aliphatic rings. The van der Waals surface area contributed by atoms with Gasteiger partial charge in [0.2, 0.25) is 0 Å². The topological polar surface area (TPSA) is 51.7 Å². The minimum Gasteiger partial charge on any atom is -0.486 e. The van der Waals surface area contributed by atoms with Crippen molar-refractivity contribution < 1.29 is 14.3 Å². The molecular formula is C20H18N2O3. The van der Waals surface area contributed by atoms with Gasteiger partial charge in [-0.1, -0.05) is 12.1 Å². The van der Waals surface area contributed by atoms with E-state index in [4.69, 9.17) is 9.47 Å². The summed E-state index contributed by atoms with van der Waals surface area (Å²) in [4.78, 5) is 18.7. The highest BCUT2D eigenvalue weighted by Crippen LogP contribution is 2.31. The Kier molecular flexibility index (Phi) is 3.98. The average Bonchev–Trinajstić information content (AvgIpc) is 2.67. The maximum Gasteiger partial charge on any atom is 0.253 e. The number of hydrogen-bond acceptors (Lipinski definition) is 4. The summed E-state index contributed by atoms with van der Waals surface area (Å²) in [6.45, 7) is 1.62. The number of hydrogen-bond donors (Lipinski definition) is 0. The molecule has 3 aromatic rings. The maximum absolute atomic E-state index is 12.7. The number of rotatable bonds is 3. The summed E-state index contributed by atoms with van der Waals surface area (Å²) < 4.78 is 11.1. The summed E-state index contributed by atoms with van der Waals surface area (Å²) in [5, 5.41) is 0.959. The maximum atomic E-state index is 12.7. The smallest absolute Gasteiger partial charge is 0.253 e. The van der Waals surface area contributed by atoms with Gasteiger partial charge in [0.05, 0.1) is 5.52 Å². The normalized spacial score (nSPS) is 12.8. The Morgan fingerprint density at radius 2 is 1.92 bits per heavy atom. The molecule has 0 atom stereocenters. The molecule has 2 heterocycles. The van der Waals surface area contributed by atoms with Gasteiger partial charge in [0.25, 0.3) is 5.91 Å². The number of carbonyl (C=O) groups excluding carboxylic acids is 1. The van der Waals surface area contributed by atoms with E-state index in [-0.39, 0.29) is 5.91 Å². The molecule has 0 radical (unpaired) electrons. The van der Waals surface area contributed by atoms with Gasteiger partial charge in [-0.15, -0.1) is 0 Å². The third-order valence-corrected chi connectivity index (χ3v) is 4.22. The molecule has 0 fully saturated rings. The number of aromatic nitrogens is 1. The standard InChI is InChI=1S/C20H18N2O3/c1-22(13-14-4-7-18-19(11-14)25-10-9-24-18)20(23)16-5-6-17-15(12-16)3-2-8-21-17/h2-8,11-12H,9-10,13H2,1H3.